The normalized spacial score (nSPS) is 25.9. The van der Waals surface area contributed by atoms with Crippen LogP contribution < -0.4 is 5.32 Å². The van der Waals surface area contributed by atoms with Crippen LogP contribution in [0.15, 0.2) is 0 Å². The molecule has 1 heterocycles. The van der Waals surface area contributed by atoms with Gasteiger partial charge in [0.15, 0.2) is 0 Å². The summed E-state index contributed by atoms with van der Waals surface area (Å²) in [7, 11) is 1.87. The standard InChI is InChI=1S/C14H27N3/c1-13-6-4-9-17(11-7-13)10-5-8-14(2,12-15)16-3/h13,16H,4-11H2,1-3H3. The lowest BCUT2D eigenvalue weighted by molar-refractivity contribution is 0.265. The van der Waals surface area contributed by atoms with Gasteiger partial charge in [-0.15, -0.1) is 0 Å². The molecular weight excluding hydrogens is 210 g/mol. The first kappa shape index (κ1) is 14.5. The van der Waals surface area contributed by atoms with E-state index in [0.29, 0.717) is 0 Å². The molecule has 1 fully saturated rings. The van der Waals surface area contributed by atoms with Crippen LogP contribution in [-0.2, 0) is 0 Å². The Hall–Kier alpha value is -0.590. The van der Waals surface area contributed by atoms with Gasteiger partial charge in [-0.2, -0.15) is 5.26 Å². The Morgan fingerprint density at radius 1 is 1.41 bits per heavy atom. The number of nitrogens with one attached hydrogen (secondary N) is 1. The molecule has 98 valence electrons. The minimum Gasteiger partial charge on any atom is -0.303 e. The van der Waals surface area contributed by atoms with Crippen LogP contribution in [0.4, 0.5) is 0 Å². The van der Waals surface area contributed by atoms with E-state index in [2.05, 4.69) is 23.2 Å². The van der Waals surface area contributed by atoms with Crippen molar-refractivity contribution in [2.24, 2.45) is 5.92 Å². The number of likely N-dealkylation sites (tertiary alicyclic amines) is 1. The lowest BCUT2D eigenvalue weighted by Gasteiger charge is -2.24. The zero-order valence-electron chi connectivity index (χ0n) is 11.6. The van der Waals surface area contributed by atoms with Gasteiger partial charge in [0.05, 0.1) is 6.07 Å². The van der Waals surface area contributed by atoms with E-state index in [0.717, 1.165) is 25.3 Å². The highest BCUT2D eigenvalue weighted by Crippen LogP contribution is 2.17. The summed E-state index contributed by atoms with van der Waals surface area (Å²) in [5.74, 6) is 0.890. The van der Waals surface area contributed by atoms with Gasteiger partial charge < -0.3 is 10.2 Å². The lowest BCUT2D eigenvalue weighted by atomic mass is 9.98. The third-order valence-corrected chi connectivity index (χ3v) is 4.06. The molecule has 0 aromatic rings. The topological polar surface area (TPSA) is 39.1 Å². The van der Waals surface area contributed by atoms with Crippen molar-refractivity contribution >= 4 is 0 Å². The number of hydrogen-bond acceptors (Lipinski definition) is 3. The molecule has 1 aliphatic rings. The summed E-state index contributed by atoms with van der Waals surface area (Å²) in [4.78, 5) is 2.57. The zero-order chi connectivity index (χ0) is 12.7. The first-order chi connectivity index (χ1) is 8.09. The zero-order valence-corrected chi connectivity index (χ0v) is 11.6. The highest BCUT2D eigenvalue weighted by molar-refractivity contribution is 5.02. The number of nitrogens with zero attached hydrogens (tertiary/aromatic N) is 2. The van der Waals surface area contributed by atoms with Crippen molar-refractivity contribution in [2.75, 3.05) is 26.7 Å². The molecule has 1 rings (SSSR count). The van der Waals surface area contributed by atoms with Crippen molar-refractivity contribution in [2.45, 2.75) is 51.5 Å². The lowest BCUT2D eigenvalue weighted by Crippen LogP contribution is -2.39. The maximum absolute atomic E-state index is 9.08. The molecule has 3 heteroatoms. The van der Waals surface area contributed by atoms with Crippen molar-refractivity contribution in [1.82, 2.24) is 10.2 Å². The minimum atomic E-state index is -0.348. The molecule has 2 unspecified atom stereocenters. The van der Waals surface area contributed by atoms with E-state index in [1.165, 1.54) is 32.4 Å². The van der Waals surface area contributed by atoms with Crippen LogP contribution in [-0.4, -0.2) is 37.1 Å². The molecule has 0 bridgehead atoms. The Morgan fingerprint density at radius 2 is 2.18 bits per heavy atom. The highest BCUT2D eigenvalue weighted by Gasteiger charge is 2.21. The maximum Gasteiger partial charge on any atom is 0.103 e. The molecule has 0 amide bonds. The van der Waals surface area contributed by atoms with E-state index in [1.54, 1.807) is 0 Å². The number of hydrogen-bond donors (Lipinski definition) is 1. The van der Waals surface area contributed by atoms with Crippen LogP contribution in [0.25, 0.3) is 0 Å². The smallest absolute Gasteiger partial charge is 0.103 e. The quantitative estimate of drug-likeness (QED) is 0.798. The van der Waals surface area contributed by atoms with E-state index < -0.39 is 0 Å². The third kappa shape index (κ3) is 5.06. The summed E-state index contributed by atoms with van der Waals surface area (Å²) in [6, 6.07) is 2.36. The Balaban J connectivity index is 2.24. The molecular formula is C14H27N3. The SMILES string of the molecule is CNC(C)(C#N)CCCN1CCCC(C)CC1. The van der Waals surface area contributed by atoms with E-state index in [1.807, 2.05) is 14.0 Å². The average Bonchev–Trinajstić information content (AvgIpc) is 2.54. The van der Waals surface area contributed by atoms with Gasteiger partial charge in [0.25, 0.3) is 0 Å². The summed E-state index contributed by atoms with van der Waals surface area (Å²) < 4.78 is 0. The molecule has 1 N–H and O–H groups in total. The summed E-state index contributed by atoms with van der Waals surface area (Å²) in [6.07, 6.45) is 6.10. The van der Waals surface area contributed by atoms with Gasteiger partial charge in [-0.1, -0.05) is 6.92 Å². The van der Waals surface area contributed by atoms with Crippen molar-refractivity contribution in [3.05, 3.63) is 0 Å². The van der Waals surface area contributed by atoms with Crippen molar-refractivity contribution in [1.29, 1.82) is 5.26 Å². The van der Waals surface area contributed by atoms with Crippen LogP contribution in [0.3, 0.4) is 0 Å². The van der Waals surface area contributed by atoms with Crippen LogP contribution in [0, 0.1) is 17.2 Å². The van der Waals surface area contributed by atoms with Crippen LogP contribution >= 0.6 is 0 Å². The first-order valence-electron chi connectivity index (χ1n) is 6.92. The van der Waals surface area contributed by atoms with Crippen molar-refractivity contribution in [3.8, 4) is 6.07 Å². The Bertz CT molecular complexity index is 259. The molecule has 0 saturated carbocycles. The molecule has 1 saturated heterocycles. The Morgan fingerprint density at radius 3 is 2.82 bits per heavy atom. The Labute approximate surface area is 106 Å². The van der Waals surface area contributed by atoms with Gasteiger partial charge in [-0.25, -0.2) is 0 Å². The first-order valence-corrected chi connectivity index (χ1v) is 6.92. The molecule has 3 nitrogen and oxygen atoms in total. The molecule has 0 radical (unpaired) electrons. The molecule has 1 aliphatic heterocycles. The van der Waals surface area contributed by atoms with E-state index in [9.17, 15) is 0 Å². The second kappa shape index (κ2) is 6.98. The van der Waals surface area contributed by atoms with Crippen molar-refractivity contribution < 1.29 is 0 Å². The summed E-state index contributed by atoms with van der Waals surface area (Å²) in [5.41, 5.74) is -0.348. The maximum atomic E-state index is 9.08. The fourth-order valence-corrected chi connectivity index (χ4v) is 2.44. The fraction of sp³-hybridized carbons (Fsp3) is 0.929. The summed E-state index contributed by atoms with van der Waals surface area (Å²) in [5, 5.41) is 12.2. The van der Waals surface area contributed by atoms with Crippen LogP contribution in [0.5, 0.6) is 0 Å². The average molecular weight is 237 g/mol. The number of nitriles is 1. The predicted octanol–water partition coefficient (Wildman–Crippen LogP) is 2.39. The van der Waals surface area contributed by atoms with Crippen molar-refractivity contribution in [3.63, 3.8) is 0 Å². The van der Waals surface area contributed by atoms with E-state index >= 15 is 0 Å². The molecule has 0 aromatic carbocycles. The van der Waals surface area contributed by atoms with Gasteiger partial charge in [-0.3, -0.25) is 0 Å². The molecule has 2 atom stereocenters. The van der Waals surface area contributed by atoms with Gasteiger partial charge in [0.1, 0.15) is 5.54 Å². The minimum absolute atomic E-state index is 0.348. The molecule has 0 aliphatic carbocycles. The van der Waals surface area contributed by atoms with Gasteiger partial charge >= 0.3 is 0 Å². The summed E-state index contributed by atoms with van der Waals surface area (Å²) in [6.45, 7) is 7.97. The molecule has 0 aromatic heterocycles. The third-order valence-electron chi connectivity index (χ3n) is 4.06. The van der Waals surface area contributed by atoms with Crippen LogP contribution in [0.2, 0.25) is 0 Å². The van der Waals surface area contributed by atoms with Gasteiger partial charge in [-0.05, 0) is 71.6 Å². The monoisotopic (exact) mass is 237 g/mol. The van der Waals surface area contributed by atoms with Crippen LogP contribution in [0.1, 0.15) is 46.0 Å². The Kier molecular flexibility index (Phi) is 5.94. The largest absolute Gasteiger partial charge is 0.303 e. The number of rotatable bonds is 5. The highest BCUT2D eigenvalue weighted by atomic mass is 15.1. The second-order valence-corrected chi connectivity index (χ2v) is 5.68. The second-order valence-electron chi connectivity index (χ2n) is 5.68. The van der Waals surface area contributed by atoms with E-state index in [-0.39, 0.29) is 5.54 Å². The predicted molar refractivity (Wildman–Crippen MR) is 71.8 cm³/mol. The van der Waals surface area contributed by atoms with E-state index in [4.69, 9.17) is 5.26 Å². The van der Waals surface area contributed by atoms with Gasteiger partial charge in [0.2, 0.25) is 0 Å². The van der Waals surface area contributed by atoms with Gasteiger partial charge in [0, 0.05) is 0 Å². The summed E-state index contributed by atoms with van der Waals surface area (Å²) >= 11 is 0. The molecule has 17 heavy (non-hydrogen) atoms. The molecule has 0 spiro atoms. The fourth-order valence-electron chi connectivity index (χ4n) is 2.44.